The first kappa shape index (κ1) is 46.4. The smallest absolute Gasteiger partial charge is 0.400 e. The molecule has 1 fully saturated rings. The minimum Gasteiger partial charge on any atom is -0.400 e. The Morgan fingerprint density at radius 1 is 0.357 bits per heavy atom. The zero-order valence-electron chi connectivity index (χ0n) is 39.3. The van der Waals surface area contributed by atoms with Gasteiger partial charge in [-0.15, -0.1) is 107 Å². The minimum atomic E-state index is -0.472. The van der Waals surface area contributed by atoms with Crippen molar-refractivity contribution in [3.05, 3.63) is 231 Å². The Morgan fingerprint density at radius 3 is 1.04 bits per heavy atom. The molecule has 70 heavy (non-hydrogen) atoms. The van der Waals surface area contributed by atoms with E-state index in [9.17, 15) is 0 Å². The molecule has 0 N–H and O–H groups in total. The summed E-state index contributed by atoms with van der Waals surface area (Å²) in [5.74, 6) is 0. The molecule has 10 aromatic rings. The van der Waals surface area contributed by atoms with Crippen LogP contribution < -0.4 is 5.46 Å². The zero-order chi connectivity index (χ0) is 47.0. The molecule has 7 heteroatoms. The average molecular weight is 1080 g/mol. The second-order valence-electron chi connectivity index (χ2n) is 18.4. The molecule has 338 valence electrons. The van der Waals surface area contributed by atoms with Crippen molar-refractivity contribution in [3.8, 4) is 101 Å². The summed E-state index contributed by atoms with van der Waals surface area (Å²) in [6, 6.07) is 77.3. The predicted octanol–water partition coefficient (Wildman–Crippen LogP) is 14.6. The number of pyridine rings is 3. The van der Waals surface area contributed by atoms with Gasteiger partial charge in [-0.25, -0.2) is 0 Å². The summed E-state index contributed by atoms with van der Waals surface area (Å²) in [7, 11) is -0.472. The van der Waals surface area contributed by atoms with E-state index in [1.165, 1.54) is 0 Å². The summed E-state index contributed by atoms with van der Waals surface area (Å²) in [6.07, 6.45) is 5.90. The van der Waals surface area contributed by atoms with Crippen LogP contribution in [0.25, 0.3) is 101 Å². The molecule has 3 aromatic heterocycles. The molecular weight excluding hydrogens is 1030 g/mol. The number of aromatic nitrogens is 3. The van der Waals surface area contributed by atoms with E-state index in [1.807, 2.05) is 79.3 Å². The molecule has 0 unspecified atom stereocenters. The fraction of sp³-hybridized carbons (Fsp3) is 0.0952. The molecule has 0 aliphatic carbocycles. The molecule has 0 amide bonds. The molecule has 7 aromatic carbocycles. The first-order valence-electron chi connectivity index (χ1n) is 23.3. The molecule has 5 nitrogen and oxygen atoms in total. The summed E-state index contributed by atoms with van der Waals surface area (Å²) in [4.78, 5) is 14.8. The molecule has 1 aliphatic rings. The van der Waals surface area contributed by atoms with Gasteiger partial charge < -0.3 is 24.3 Å². The third kappa shape index (κ3) is 9.25. The Labute approximate surface area is 424 Å². The van der Waals surface area contributed by atoms with Gasteiger partial charge >= 0.3 is 27.2 Å². The van der Waals surface area contributed by atoms with Crippen molar-refractivity contribution >= 4 is 12.6 Å². The topological polar surface area (TPSA) is 57.1 Å². The summed E-state index contributed by atoms with van der Waals surface area (Å²) < 4.78 is 12.8. The molecule has 0 bridgehead atoms. The van der Waals surface area contributed by atoms with Crippen LogP contribution >= 0.6 is 0 Å². The Hall–Kier alpha value is -7.38. The Balaban J connectivity index is 0.00000567. The fourth-order valence-corrected chi connectivity index (χ4v) is 9.05. The van der Waals surface area contributed by atoms with E-state index >= 15 is 0 Å². The number of hydrogen-bond acceptors (Lipinski definition) is 5. The van der Waals surface area contributed by atoms with Crippen LogP contribution in [0.2, 0.25) is 0 Å². The maximum atomic E-state index is 6.38. The van der Waals surface area contributed by atoms with Crippen molar-refractivity contribution in [1.29, 1.82) is 0 Å². The van der Waals surface area contributed by atoms with E-state index < -0.39 is 18.3 Å². The third-order valence-corrected chi connectivity index (χ3v) is 13.5. The van der Waals surface area contributed by atoms with Crippen LogP contribution in [0, 0.1) is 18.2 Å². The van der Waals surface area contributed by atoms with Crippen molar-refractivity contribution in [2.75, 3.05) is 0 Å². The van der Waals surface area contributed by atoms with Gasteiger partial charge in [-0.1, -0.05) is 109 Å². The minimum absolute atomic E-state index is 0. The van der Waals surface area contributed by atoms with Crippen LogP contribution in [0.3, 0.4) is 0 Å². The number of benzene rings is 7. The average Bonchev–Trinajstić information content (AvgIpc) is 3.64. The van der Waals surface area contributed by atoms with Gasteiger partial charge in [-0.2, -0.15) is 0 Å². The van der Waals surface area contributed by atoms with E-state index in [2.05, 4.69) is 179 Å². The number of hydrogen-bond donors (Lipinski definition) is 0. The monoisotopic (exact) mass is 1080 g/mol. The molecule has 0 saturated carbocycles. The first-order chi connectivity index (χ1) is 33.7. The molecule has 1 saturated heterocycles. The zero-order valence-corrected chi connectivity index (χ0v) is 41.7. The van der Waals surface area contributed by atoms with Crippen molar-refractivity contribution in [2.24, 2.45) is 0 Å². The van der Waals surface area contributed by atoms with E-state index in [0.29, 0.717) is 0 Å². The molecule has 0 radical (unpaired) electrons. The van der Waals surface area contributed by atoms with Gasteiger partial charge in [-0.05, 0) is 130 Å². The van der Waals surface area contributed by atoms with Gasteiger partial charge in [0.2, 0.25) is 0 Å². The van der Waals surface area contributed by atoms with Gasteiger partial charge in [0.05, 0.1) is 11.2 Å². The third-order valence-electron chi connectivity index (χ3n) is 13.5. The standard InChI is InChI=1S/C63H47BN3O2.Ir/c1-62(2)63(3,4)69-64(68-62)52-23-17-22-45(39-52)61-35-32-48(42-67-61)55-26-13-16-29-58(55)51-37-49(56-27-14-11-24-53(56)46-30-33-59(65-40-46)43-18-7-5-8-19-43)36-50(38-51)57-28-15-12-25-54(57)47-31-34-60(66-41-47)44-20-9-6-10-21-44;/h5-18,20,23-42H,1-4H3;/q-3;+3. The normalized spacial score (nSPS) is 13.7. The van der Waals surface area contributed by atoms with Gasteiger partial charge in [-0.3, -0.25) is 0 Å². The van der Waals surface area contributed by atoms with Gasteiger partial charge in [0.15, 0.2) is 0 Å². The van der Waals surface area contributed by atoms with Crippen LogP contribution in [-0.2, 0) is 29.4 Å². The Morgan fingerprint density at radius 2 is 0.700 bits per heavy atom. The molecular formula is C63H47BIrN3O2. The largest absolute Gasteiger partial charge is 3.00 e. The second-order valence-corrected chi connectivity index (χ2v) is 18.4. The Bertz CT molecular complexity index is 3270. The van der Waals surface area contributed by atoms with Gasteiger partial charge in [0.1, 0.15) is 0 Å². The predicted molar refractivity (Wildman–Crippen MR) is 281 cm³/mol. The molecule has 0 spiro atoms. The van der Waals surface area contributed by atoms with Crippen LogP contribution in [0.15, 0.2) is 213 Å². The summed E-state index contributed by atoms with van der Waals surface area (Å²) in [5.41, 5.74) is 18.3. The van der Waals surface area contributed by atoms with Crippen molar-refractivity contribution < 1.29 is 29.4 Å². The second kappa shape index (κ2) is 19.6. The summed E-state index contributed by atoms with van der Waals surface area (Å²) in [5, 5.41) is 0. The van der Waals surface area contributed by atoms with Gasteiger partial charge in [0.25, 0.3) is 0 Å². The number of nitrogens with zero attached hydrogens (tertiary/aromatic N) is 3. The van der Waals surface area contributed by atoms with Crippen LogP contribution in [0.4, 0.5) is 0 Å². The molecule has 1 aliphatic heterocycles. The fourth-order valence-electron chi connectivity index (χ4n) is 9.05. The van der Waals surface area contributed by atoms with E-state index in [0.717, 1.165) is 106 Å². The van der Waals surface area contributed by atoms with Crippen LogP contribution in [-0.4, -0.2) is 33.3 Å². The quantitative estimate of drug-likeness (QED) is 0.101. The maximum absolute atomic E-state index is 6.38. The summed E-state index contributed by atoms with van der Waals surface area (Å²) >= 11 is 0. The van der Waals surface area contributed by atoms with Crippen LogP contribution in [0.5, 0.6) is 0 Å². The van der Waals surface area contributed by atoms with Crippen molar-refractivity contribution in [3.63, 3.8) is 0 Å². The Kier molecular flexibility index (Phi) is 12.9. The first-order valence-corrected chi connectivity index (χ1v) is 23.3. The number of rotatable bonds is 10. The van der Waals surface area contributed by atoms with Crippen molar-refractivity contribution in [2.45, 2.75) is 38.9 Å². The maximum Gasteiger partial charge on any atom is 3.00 e. The molecule has 0 atom stereocenters. The van der Waals surface area contributed by atoms with E-state index in [-0.39, 0.29) is 20.1 Å². The summed E-state index contributed by atoms with van der Waals surface area (Å²) in [6.45, 7) is 8.28. The molecule has 4 heterocycles. The van der Waals surface area contributed by atoms with Crippen LogP contribution in [0.1, 0.15) is 27.7 Å². The van der Waals surface area contributed by atoms with Crippen molar-refractivity contribution in [1.82, 2.24) is 15.0 Å². The van der Waals surface area contributed by atoms with E-state index in [1.54, 1.807) is 0 Å². The molecule has 11 rings (SSSR count). The van der Waals surface area contributed by atoms with E-state index in [4.69, 9.17) is 24.3 Å². The SMILES string of the molecule is CC1(C)OB(c2cc[c-]c(-c3ccc(-c4ccccc4-c4cc(-c5ccccc5-c5ccc(-c6[c-]cccc6)nc5)cc(-c5ccccc5-c5ccc(-c6[c-]cccc6)nc5)c4)cn3)c2)OC1(C)C.[Ir+3]. The van der Waals surface area contributed by atoms with Gasteiger partial charge in [0, 0.05) is 18.6 Å².